The lowest BCUT2D eigenvalue weighted by Crippen LogP contribution is -2.28. The van der Waals surface area contributed by atoms with Crippen LogP contribution in [0.5, 0.6) is 0 Å². The molecule has 1 N–H and O–H groups in total. The molecule has 1 amide bonds. The predicted molar refractivity (Wildman–Crippen MR) is 74.3 cm³/mol. The molecule has 0 fully saturated rings. The number of methoxy groups -OCH3 is 1. The van der Waals surface area contributed by atoms with E-state index in [4.69, 9.17) is 0 Å². The number of ketones is 1. The zero-order chi connectivity index (χ0) is 15.1. The van der Waals surface area contributed by atoms with Crippen LogP contribution < -0.4 is 5.32 Å². The third-order valence-electron chi connectivity index (χ3n) is 2.86. The number of nitrogens with one attached hydrogen (secondary N) is 1. The number of Topliss-reactive ketones (excluding diaryl/α,β-unsaturated/α-hetero) is 1. The van der Waals surface area contributed by atoms with Gasteiger partial charge in [-0.25, -0.2) is 0 Å². The molecule has 5 nitrogen and oxygen atoms in total. The summed E-state index contributed by atoms with van der Waals surface area (Å²) in [4.78, 5) is 33.8. The first-order valence-corrected chi connectivity index (χ1v) is 6.38. The summed E-state index contributed by atoms with van der Waals surface area (Å²) < 4.78 is 4.67. The summed E-state index contributed by atoms with van der Waals surface area (Å²) in [6, 6.07) is 6.94. The van der Waals surface area contributed by atoms with E-state index in [0.29, 0.717) is 12.0 Å². The summed E-state index contributed by atoms with van der Waals surface area (Å²) in [6.45, 7) is 3.23. The SMILES string of the molecule is COC(=O)C(C)Cc1ccc(C(=O)NCC(C)=O)cc1. The number of ether oxygens (including phenoxy) is 1. The van der Waals surface area contributed by atoms with Gasteiger partial charge in [0, 0.05) is 5.56 Å². The molecule has 0 saturated heterocycles. The fourth-order valence-electron chi connectivity index (χ4n) is 1.74. The fraction of sp³-hybridized carbons (Fsp3) is 0.400. The third kappa shape index (κ3) is 4.84. The monoisotopic (exact) mass is 277 g/mol. The normalized spacial score (nSPS) is 11.6. The first kappa shape index (κ1) is 15.9. The van der Waals surface area contributed by atoms with Crippen LogP contribution in [0.2, 0.25) is 0 Å². The molecule has 1 unspecified atom stereocenters. The van der Waals surface area contributed by atoms with E-state index in [0.717, 1.165) is 5.56 Å². The Morgan fingerprint density at radius 2 is 1.80 bits per heavy atom. The molecular weight excluding hydrogens is 258 g/mol. The summed E-state index contributed by atoms with van der Waals surface area (Å²) in [7, 11) is 1.36. The van der Waals surface area contributed by atoms with E-state index in [2.05, 4.69) is 10.1 Å². The van der Waals surface area contributed by atoms with Crippen LogP contribution in [0.3, 0.4) is 0 Å². The van der Waals surface area contributed by atoms with Gasteiger partial charge in [0.2, 0.25) is 0 Å². The van der Waals surface area contributed by atoms with Crippen LogP contribution in [0.1, 0.15) is 29.8 Å². The minimum absolute atomic E-state index is 0.0277. The summed E-state index contributed by atoms with van der Waals surface area (Å²) in [5.41, 5.74) is 1.44. The number of carbonyl (C=O) groups excluding carboxylic acids is 3. The Balaban J connectivity index is 2.62. The van der Waals surface area contributed by atoms with E-state index >= 15 is 0 Å². The van der Waals surface area contributed by atoms with Gasteiger partial charge in [-0.15, -0.1) is 0 Å². The topological polar surface area (TPSA) is 72.5 Å². The Morgan fingerprint density at radius 3 is 2.30 bits per heavy atom. The number of rotatable bonds is 6. The molecule has 0 saturated carbocycles. The Labute approximate surface area is 118 Å². The molecule has 1 aromatic carbocycles. The number of hydrogen-bond donors (Lipinski definition) is 1. The number of amides is 1. The Morgan fingerprint density at radius 1 is 1.20 bits per heavy atom. The van der Waals surface area contributed by atoms with Gasteiger partial charge in [0.1, 0.15) is 5.78 Å². The van der Waals surface area contributed by atoms with Crippen molar-refractivity contribution in [2.75, 3.05) is 13.7 Å². The molecule has 20 heavy (non-hydrogen) atoms. The first-order chi connectivity index (χ1) is 9.43. The van der Waals surface area contributed by atoms with Gasteiger partial charge in [0.25, 0.3) is 5.91 Å². The lowest BCUT2D eigenvalue weighted by molar-refractivity contribution is -0.144. The fourth-order valence-corrected chi connectivity index (χ4v) is 1.74. The molecule has 1 aromatic rings. The smallest absolute Gasteiger partial charge is 0.308 e. The zero-order valence-electron chi connectivity index (χ0n) is 11.9. The van der Waals surface area contributed by atoms with Gasteiger partial charge in [0.15, 0.2) is 0 Å². The second kappa shape index (κ2) is 7.43. The van der Waals surface area contributed by atoms with Crippen LogP contribution in [0.4, 0.5) is 0 Å². The lowest BCUT2D eigenvalue weighted by atomic mass is 10.00. The lowest BCUT2D eigenvalue weighted by Gasteiger charge is -2.09. The van der Waals surface area contributed by atoms with E-state index in [9.17, 15) is 14.4 Å². The van der Waals surface area contributed by atoms with Gasteiger partial charge >= 0.3 is 5.97 Å². The van der Waals surface area contributed by atoms with Gasteiger partial charge in [-0.3, -0.25) is 14.4 Å². The summed E-state index contributed by atoms with van der Waals surface area (Å²) in [6.07, 6.45) is 0.558. The number of carbonyl (C=O) groups is 3. The van der Waals surface area contributed by atoms with Crippen molar-refractivity contribution in [1.29, 1.82) is 0 Å². The predicted octanol–water partition coefficient (Wildman–Crippen LogP) is 1.36. The highest BCUT2D eigenvalue weighted by Gasteiger charge is 2.14. The molecule has 0 aliphatic heterocycles. The van der Waals surface area contributed by atoms with Crippen molar-refractivity contribution in [3.63, 3.8) is 0 Å². The average Bonchev–Trinajstić information content (AvgIpc) is 2.44. The van der Waals surface area contributed by atoms with E-state index in [1.807, 2.05) is 0 Å². The van der Waals surface area contributed by atoms with Gasteiger partial charge in [-0.1, -0.05) is 19.1 Å². The minimum atomic E-state index is -0.284. The van der Waals surface area contributed by atoms with Crippen LogP contribution >= 0.6 is 0 Å². The second-order valence-corrected chi connectivity index (χ2v) is 4.71. The highest BCUT2D eigenvalue weighted by molar-refractivity contribution is 5.96. The van der Waals surface area contributed by atoms with Gasteiger partial charge in [-0.2, -0.15) is 0 Å². The molecule has 0 radical (unpaired) electrons. The van der Waals surface area contributed by atoms with Gasteiger partial charge in [0.05, 0.1) is 19.6 Å². The molecule has 108 valence electrons. The largest absolute Gasteiger partial charge is 0.469 e. The van der Waals surface area contributed by atoms with Crippen LogP contribution in [0, 0.1) is 5.92 Å². The molecule has 0 bridgehead atoms. The molecule has 0 aliphatic carbocycles. The van der Waals surface area contributed by atoms with Gasteiger partial charge < -0.3 is 10.1 Å². The quantitative estimate of drug-likeness (QED) is 0.797. The molecule has 0 spiro atoms. The average molecular weight is 277 g/mol. The maximum Gasteiger partial charge on any atom is 0.308 e. The summed E-state index contributed by atoms with van der Waals surface area (Å²) in [5, 5.41) is 2.52. The molecule has 0 aliphatic rings. The summed E-state index contributed by atoms with van der Waals surface area (Å²) >= 11 is 0. The first-order valence-electron chi connectivity index (χ1n) is 6.38. The number of benzene rings is 1. The maximum atomic E-state index is 11.7. The van der Waals surface area contributed by atoms with E-state index in [-0.39, 0.29) is 30.1 Å². The van der Waals surface area contributed by atoms with Crippen LogP contribution in [-0.2, 0) is 20.7 Å². The van der Waals surface area contributed by atoms with E-state index < -0.39 is 0 Å². The maximum absolute atomic E-state index is 11.7. The molecule has 5 heteroatoms. The third-order valence-corrected chi connectivity index (χ3v) is 2.86. The summed E-state index contributed by atoms with van der Waals surface area (Å²) in [5.74, 6) is -0.861. The van der Waals surface area contributed by atoms with Crippen molar-refractivity contribution in [3.05, 3.63) is 35.4 Å². The Kier molecular flexibility index (Phi) is 5.90. The van der Waals surface area contributed by atoms with Crippen molar-refractivity contribution in [2.24, 2.45) is 5.92 Å². The second-order valence-electron chi connectivity index (χ2n) is 4.71. The molecule has 0 heterocycles. The molecular formula is C15H19NO4. The van der Waals surface area contributed by atoms with Crippen LogP contribution in [0.25, 0.3) is 0 Å². The van der Waals surface area contributed by atoms with Crippen LogP contribution in [0.15, 0.2) is 24.3 Å². The van der Waals surface area contributed by atoms with Crippen LogP contribution in [-0.4, -0.2) is 31.3 Å². The van der Waals surface area contributed by atoms with Crippen molar-refractivity contribution in [2.45, 2.75) is 20.3 Å². The van der Waals surface area contributed by atoms with Crippen molar-refractivity contribution in [1.82, 2.24) is 5.32 Å². The number of esters is 1. The molecule has 1 rings (SSSR count). The highest BCUT2D eigenvalue weighted by Crippen LogP contribution is 2.11. The van der Waals surface area contributed by atoms with E-state index in [1.165, 1.54) is 14.0 Å². The molecule has 1 atom stereocenters. The van der Waals surface area contributed by atoms with E-state index in [1.54, 1.807) is 31.2 Å². The number of hydrogen-bond acceptors (Lipinski definition) is 4. The minimum Gasteiger partial charge on any atom is -0.469 e. The highest BCUT2D eigenvalue weighted by atomic mass is 16.5. The Hall–Kier alpha value is -2.17. The van der Waals surface area contributed by atoms with Crippen molar-refractivity contribution >= 4 is 17.7 Å². The Bertz CT molecular complexity index is 493. The van der Waals surface area contributed by atoms with Gasteiger partial charge in [-0.05, 0) is 31.0 Å². The van der Waals surface area contributed by atoms with Crippen molar-refractivity contribution in [3.8, 4) is 0 Å². The molecule has 0 aromatic heterocycles. The standard InChI is InChI=1S/C15H19NO4/c1-10(15(19)20-3)8-12-4-6-13(7-5-12)14(18)16-9-11(2)17/h4-7,10H,8-9H2,1-3H3,(H,16,18). The van der Waals surface area contributed by atoms with Crippen molar-refractivity contribution < 1.29 is 19.1 Å². The zero-order valence-corrected chi connectivity index (χ0v) is 11.9.